The normalized spacial score (nSPS) is 20.3. The molecule has 1 fully saturated rings. The Morgan fingerprint density at radius 1 is 1.30 bits per heavy atom. The summed E-state index contributed by atoms with van der Waals surface area (Å²) in [5.41, 5.74) is -1.10. The Kier molecular flexibility index (Phi) is 8.92. The van der Waals surface area contributed by atoms with E-state index in [4.69, 9.17) is 18.5 Å². The monoisotopic (exact) mass is 555 g/mol. The summed E-state index contributed by atoms with van der Waals surface area (Å²) in [5, 5.41) is 2.15. The minimum absolute atomic E-state index is 0.157. The van der Waals surface area contributed by atoms with Crippen LogP contribution in [0, 0.1) is 12.7 Å². The molecule has 0 aliphatic carbocycles. The molecule has 17 heteroatoms. The second-order valence-electron chi connectivity index (χ2n) is 7.74. The van der Waals surface area contributed by atoms with Crippen molar-refractivity contribution in [1.29, 1.82) is 0 Å². The van der Waals surface area contributed by atoms with Crippen LogP contribution < -0.4 is 20.9 Å². The number of esters is 1. The summed E-state index contributed by atoms with van der Waals surface area (Å²) >= 11 is 0. The predicted molar refractivity (Wildman–Crippen MR) is 116 cm³/mol. The van der Waals surface area contributed by atoms with E-state index >= 15 is 0 Å². The van der Waals surface area contributed by atoms with Gasteiger partial charge < -0.3 is 18.7 Å². The number of hydrogen-bond acceptors (Lipinski definition) is 9. The van der Waals surface area contributed by atoms with Crippen molar-refractivity contribution in [2.24, 2.45) is 0 Å². The summed E-state index contributed by atoms with van der Waals surface area (Å²) in [6.07, 6.45) is -5.70. The molecule has 1 saturated heterocycles. The second kappa shape index (κ2) is 11.6. The highest BCUT2D eigenvalue weighted by molar-refractivity contribution is 7.52. The van der Waals surface area contributed by atoms with Gasteiger partial charge in [-0.05, 0) is 38.1 Å². The Bertz CT molecular complexity index is 1270. The van der Waals surface area contributed by atoms with Crippen LogP contribution in [-0.4, -0.2) is 53.8 Å². The average Bonchev–Trinajstić information content (AvgIpc) is 3.28. The predicted octanol–water partition coefficient (Wildman–Crippen LogP) is 2.14. The summed E-state index contributed by atoms with van der Waals surface area (Å²) < 4.78 is 90.3. The van der Waals surface area contributed by atoms with Crippen molar-refractivity contribution in [2.75, 3.05) is 19.8 Å². The molecule has 1 aliphatic heterocycles. The fourth-order valence-corrected chi connectivity index (χ4v) is 4.40. The first kappa shape index (κ1) is 28.5. The molecule has 1 aromatic heterocycles. The van der Waals surface area contributed by atoms with Crippen LogP contribution in [0.3, 0.4) is 0 Å². The lowest BCUT2D eigenvalue weighted by Gasteiger charge is -2.24. The van der Waals surface area contributed by atoms with Crippen LogP contribution in [-0.2, 0) is 28.1 Å². The summed E-state index contributed by atoms with van der Waals surface area (Å²) in [5.74, 6) is -2.19. The third-order valence-corrected chi connectivity index (χ3v) is 6.34. The molecular weight excluding hydrogens is 533 g/mol. The number of nitrogens with one attached hydrogen (secondary N) is 2. The quantitative estimate of drug-likeness (QED) is 0.254. The largest absolute Gasteiger partial charge is 0.459 e. The number of halogens is 4. The van der Waals surface area contributed by atoms with Crippen molar-refractivity contribution in [3.63, 3.8) is 0 Å². The molecule has 2 heterocycles. The fourth-order valence-electron chi connectivity index (χ4n) is 2.93. The average molecular weight is 555 g/mol. The van der Waals surface area contributed by atoms with Crippen molar-refractivity contribution in [3.8, 4) is 5.75 Å². The molecule has 12 nitrogen and oxygen atoms in total. The molecule has 2 unspecified atom stereocenters. The zero-order valence-corrected chi connectivity index (χ0v) is 20.2. The number of aryl methyl sites for hydroxylation is 1. The molecule has 1 aromatic carbocycles. The molecule has 4 atom stereocenters. The Balaban J connectivity index is 1.69. The van der Waals surface area contributed by atoms with Gasteiger partial charge in [-0.15, -0.1) is 0 Å². The van der Waals surface area contributed by atoms with E-state index < -0.39 is 68.7 Å². The highest BCUT2D eigenvalue weighted by Crippen LogP contribution is 2.45. The molecule has 0 amide bonds. The summed E-state index contributed by atoms with van der Waals surface area (Å²) in [6.45, 7) is -0.0802. The molecule has 0 bridgehead atoms. The third-order valence-electron chi connectivity index (χ3n) is 4.69. The number of carbonyl (C=O) groups excluding carboxylic acids is 1. The number of benzene rings is 1. The van der Waals surface area contributed by atoms with Gasteiger partial charge in [-0.3, -0.25) is 23.7 Å². The van der Waals surface area contributed by atoms with Crippen molar-refractivity contribution in [3.05, 3.63) is 62.7 Å². The summed E-state index contributed by atoms with van der Waals surface area (Å²) in [7, 11) is -4.53. The second-order valence-corrected chi connectivity index (χ2v) is 9.44. The smallest absolute Gasteiger partial charge is 0.455 e. The van der Waals surface area contributed by atoms with Crippen LogP contribution in [0.2, 0.25) is 0 Å². The maximum atomic E-state index is 13.3. The number of aromatic nitrogens is 2. The lowest BCUT2D eigenvalue weighted by Crippen LogP contribution is -2.37. The van der Waals surface area contributed by atoms with Crippen LogP contribution >= 0.6 is 7.75 Å². The molecule has 3 rings (SSSR count). The number of nitrogens with zero attached hydrogens (tertiary/aromatic N) is 1. The van der Waals surface area contributed by atoms with E-state index in [1.54, 1.807) is 0 Å². The first-order valence-corrected chi connectivity index (χ1v) is 12.1. The Hall–Kier alpha value is -3.04. The van der Waals surface area contributed by atoms with Gasteiger partial charge in [0.15, 0.2) is 19.1 Å². The van der Waals surface area contributed by atoms with Crippen LogP contribution in [0.4, 0.5) is 17.6 Å². The minimum Gasteiger partial charge on any atom is -0.455 e. The molecule has 0 saturated carbocycles. The van der Waals surface area contributed by atoms with E-state index in [1.807, 2.05) is 0 Å². The SMILES string of the molecule is Cc1cn([C@H]2CO[C@@H](COP(=O)(NC(C)C(=O)OCC(F)(F)F)Oc3ccc(F)cc3)O2)c(=O)[nH]c1=O. The highest BCUT2D eigenvalue weighted by atomic mass is 31.2. The minimum atomic E-state index is -4.78. The molecular formula is C20H22F4N3O9P. The number of ether oxygens (including phenoxy) is 3. The molecule has 0 spiro atoms. The van der Waals surface area contributed by atoms with Gasteiger partial charge in [0.05, 0.1) is 6.61 Å². The maximum absolute atomic E-state index is 13.3. The molecule has 37 heavy (non-hydrogen) atoms. The molecule has 1 aliphatic rings. The van der Waals surface area contributed by atoms with Gasteiger partial charge in [-0.25, -0.2) is 13.8 Å². The van der Waals surface area contributed by atoms with Gasteiger partial charge in [-0.2, -0.15) is 18.3 Å². The van der Waals surface area contributed by atoms with Gasteiger partial charge in [0.1, 0.15) is 24.2 Å². The van der Waals surface area contributed by atoms with Crippen LogP contribution in [0.5, 0.6) is 5.75 Å². The van der Waals surface area contributed by atoms with E-state index in [0.29, 0.717) is 0 Å². The van der Waals surface area contributed by atoms with E-state index in [0.717, 1.165) is 35.8 Å². The van der Waals surface area contributed by atoms with Gasteiger partial charge in [-0.1, -0.05) is 0 Å². The van der Waals surface area contributed by atoms with Crippen molar-refractivity contribution in [1.82, 2.24) is 14.6 Å². The van der Waals surface area contributed by atoms with E-state index in [2.05, 4.69) is 14.8 Å². The lowest BCUT2D eigenvalue weighted by atomic mass is 10.3. The Labute approximate surface area is 206 Å². The lowest BCUT2D eigenvalue weighted by molar-refractivity contribution is -0.187. The summed E-state index contributed by atoms with van der Waals surface area (Å²) in [4.78, 5) is 37.7. The van der Waals surface area contributed by atoms with Gasteiger partial charge >= 0.3 is 25.6 Å². The number of hydrogen-bond donors (Lipinski definition) is 2. The number of aromatic amines is 1. The van der Waals surface area contributed by atoms with Crippen molar-refractivity contribution >= 4 is 13.7 Å². The third kappa shape index (κ3) is 8.23. The van der Waals surface area contributed by atoms with E-state index in [1.165, 1.54) is 13.1 Å². The van der Waals surface area contributed by atoms with Crippen LogP contribution in [0.1, 0.15) is 18.7 Å². The Morgan fingerprint density at radius 3 is 2.62 bits per heavy atom. The van der Waals surface area contributed by atoms with E-state index in [9.17, 15) is 36.5 Å². The van der Waals surface area contributed by atoms with Crippen molar-refractivity contribution < 1.29 is 50.2 Å². The number of rotatable bonds is 10. The summed E-state index contributed by atoms with van der Waals surface area (Å²) in [6, 6.07) is 2.58. The van der Waals surface area contributed by atoms with Crippen molar-refractivity contribution in [2.45, 2.75) is 38.6 Å². The molecule has 0 radical (unpaired) electrons. The van der Waals surface area contributed by atoms with Crippen LogP contribution in [0.15, 0.2) is 40.1 Å². The molecule has 204 valence electrons. The van der Waals surface area contributed by atoms with Crippen LogP contribution in [0.25, 0.3) is 0 Å². The standard InChI is InChI=1S/C20H22F4N3O9P/c1-11-7-27(19(30)25-17(11)28)15-8-32-16(35-15)9-34-37(31,36-14-5-3-13(21)4-6-14)26-12(2)18(29)33-10-20(22,23)24/h3-7,12,15-16H,8-10H2,1-2H3,(H,26,31)(H,25,28,30)/t12?,15-,16-,37?/m1/s1. The fraction of sp³-hybridized carbons (Fsp3) is 0.450. The highest BCUT2D eigenvalue weighted by Gasteiger charge is 2.37. The Morgan fingerprint density at radius 2 is 1.97 bits per heavy atom. The van der Waals surface area contributed by atoms with Gasteiger partial charge in [0, 0.05) is 11.8 Å². The first-order valence-electron chi connectivity index (χ1n) is 10.5. The number of carbonyl (C=O) groups is 1. The van der Waals surface area contributed by atoms with E-state index in [-0.39, 0.29) is 17.9 Å². The van der Waals surface area contributed by atoms with Gasteiger partial charge in [0.25, 0.3) is 5.56 Å². The zero-order valence-electron chi connectivity index (χ0n) is 19.3. The first-order chi connectivity index (χ1) is 17.2. The maximum Gasteiger partial charge on any atom is 0.459 e. The number of H-pyrrole nitrogens is 1. The molecule has 2 aromatic rings. The zero-order chi connectivity index (χ0) is 27.4. The number of alkyl halides is 3. The van der Waals surface area contributed by atoms with Gasteiger partial charge in [0.2, 0.25) is 0 Å². The molecule has 2 N–H and O–H groups in total. The topological polar surface area (TPSA) is 147 Å².